The van der Waals surface area contributed by atoms with Crippen molar-refractivity contribution >= 4 is 77.4 Å². The molecule has 0 spiro atoms. The summed E-state index contributed by atoms with van der Waals surface area (Å²) in [5.41, 5.74) is 11.5. The summed E-state index contributed by atoms with van der Waals surface area (Å²) in [4.78, 5) is 4.79. The number of aromatic nitrogens is 5. The number of hydrogen-bond donors (Lipinski definition) is 0. The summed E-state index contributed by atoms with van der Waals surface area (Å²) < 4.78 is 7.30. The van der Waals surface area contributed by atoms with E-state index in [4.69, 9.17) is 10.1 Å². The summed E-state index contributed by atoms with van der Waals surface area (Å²) in [6, 6.07) is 52.1. The van der Waals surface area contributed by atoms with Crippen LogP contribution in [0.3, 0.4) is 0 Å². The van der Waals surface area contributed by atoms with Crippen LogP contribution >= 0.6 is 0 Å². The zero-order valence-electron chi connectivity index (χ0n) is 27.2. The van der Waals surface area contributed by atoms with Crippen LogP contribution in [0, 0.1) is 0 Å². The fraction of sp³-hybridized carbons (Fsp3) is 0. The van der Waals surface area contributed by atoms with Crippen LogP contribution in [0.4, 0.5) is 0 Å². The van der Waals surface area contributed by atoms with E-state index in [1.54, 1.807) is 0 Å². The Morgan fingerprint density at radius 1 is 0.412 bits per heavy atom. The third-order valence-corrected chi connectivity index (χ3v) is 12.8. The van der Waals surface area contributed by atoms with Crippen molar-refractivity contribution in [2.24, 2.45) is 0 Å². The average Bonchev–Trinajstić information content (AvgIpc) is 3.86. The molecule has 0 saturated heterocycles. The number of para-hydroxylation sites is 4. The Hall–Kier alpha value is -6.33. The molecule has 5 nitrogen and oxygen atoms in total. The van der Waals surface area contributed by atoms with E-state index < -0.39 is 0 Å². The van der Waals surface area contributed by atoms with Crippen molar-refractivity contribution in [3.8, 4) is 33.8 Å². The predicted molar refractivity (Wildman–Crippen MR) is 211 cm³/mol. The molecule has 0 N–H and O–H groups in total. The van der Waals surface area contributed by atoms with E-state index in [-0.39, 0.29) is 14.5 Å². The molecule has 0 aliphatic heterocycles. The Bertz CT molecular complexity index is 2920. The average molecular weight is 717 g/mol. The van der Waals surface area contributed by atoms with E-state index in [2.05, 4.69) is 160 Å². The van der Waals surface area contributed by atoms with Crippen molar-refractivity contribution in [1.29, 1.82) is 0 Å². The molecule has 0 bridgehead atoms. The molecule has 11 aromatic rings. The van der Waals surface area contributed by atoms with Crippen LogP contribution in [0.15, 0.2) is 164 Å². The summed E-state index contributed by atoms with van der Waals surface area (Å²) in [6.07, 6.45) is 5.97. The number of nitrogens with zero attached hydrogens (tertiary/aromatic N) is 5. The first kappa shape index (κ1) is 28.5. The molecule has 0 fully saturated rings. The van der Waals surface area contributed by atoms with Crippen molar-refractivity contribution in [2.75, 3.05) is 0 Å². The molecule has 0 unspecified atom stereocenters. The molecule has 5 aromatic heterocycles. The van der Waals surface area contributed by atoms with Gasteiger partial charge in [-0.15, -0.1) is 0 Å². The van der Waals surface area contributed by atoms with Gasteiger partial charge in [0.2, 0.25) is 0 Å². The second-order valence-electron chi connectivity index (χ2n) is 12.9. The molecule has 6 heteroatoms. The minimum absolute atomic E-state index is 0.00814. The summed E-state index contributed by atoms with van der Waals surface area (Å²) in [7, 11) is 0. The van der Waals surface area contributed by atoms with Gasteiger partial charge in [-0.3, -0.25) is 0 Å². The van der Waals surface area contributed by atoms with E-state index in [9.17, 15) is 0 Å². The fourth-order valence-electron chi connectivity index (χ4n) is 7.89. The van der Waals surface area contributed by atoms with Crippen LogP contribution in [-0.4, -0.2) is 38.8 Å². The third-order valence-electron chi connectivity index (χ3n) is 10.2. The van der Waals surface area contributed by atoms with Gasteiger partial charge in [-0.1, -0.05) is 0 Å². The molecule has 0 saturated carbocycles. The standard InChI is InChI=1S/C45H27N5Se/c1-3-11-30(12-4-1)49-39-17-9-7-15-32(39)34-23-28(19-21-41(34)49)36-25-46-26-37-38-27-47-48-43(45(38)51-44(36)37)29-20-22-42-35(24-29)33-16-8-10-18-40(33)50(42)31-13-5-2-6-14-31/h1-27H. The topological polar surface area (TPSA) is 48.5 Å². The quantitative estimate of drug-likeness (QED) is 0.170. The Balaban J connectivity index is 1.10. The predicted octanol–water partition coefficient (Wildman–Crippen LogP) is 10.8. The molecular formula is C45H27N5Se. The number of benzene rings is 6. The molecule has 0 aliphatic carbocycles. The Kier molecular flexibility index (Phi) is 6.20. The van der Waals surface area contributed by atoms with E-state index in [0.29, 0.717) is 0 Å². The molecule has 0 amide bonds. The van der Waals surface area contributed by atoms with E-state index in [1.165, 1.54) is 63.3 Å². The molecule has 0 radical (unpaired) electrons. The van der Waals surface area contributed by atoms with Crippen molar-refractivity contribution in [1.82, 2.24) is 24.3 Å². The Morgan fingerprint density at radius 2 is 0.941 bits per heavy atom. The second-order valence-corrected chi connectivity index (χ2v) is 15.1. The zero-order valence-corrected chi connectivity index (χ0v) is 28.9. The van der Waals surface area contributed by atoms with Gasteiger partial charge in [0.15, 0.2) is 0 Å². The molecule has 0 aliphatic rings. The number of fused-ring (bicyclic) bond motifs is 9. The molecule has 11 rings (SSSR count). The molecule has 0 atom stereocenters. The van der Waals surface area contributed by atoms with E-state index in [1.807, 2.05) is 18.6 Å². The second kappa shape index (κ2) is 11.1. The van der Waals surface area contributed by atoms with Crippen LogP contribution in [0.1, 0.15) is 0 Å². The monoisotopic (exact) mass is 717 g/mol. The first-order chi connectivity index (χ1) is 25.3. The maximum atomic E-state index is 4.80. The molecule has 51 heavy (non-hydrogen) atoms. The van der Waals surface area contributed by atoms with Gasteiger partial charge in [-0.2, -0.15) is 0 Å². The van der Waals surface area contributed by atoms with E-state index in [0.717, 1.165) is 33.4 Å². The number of pyridine rings is 1. The third kappa shape index (κ3) is 4.24. The van der Waals surface area contributed by atoms with Gasteiger partial charge in [0.25, 0.3) is 0 Å². The maximum absolute atomic E-state index is 4.80. The van der Waals surface area contributed by atoms with Crippen LogP contribution in [-0.2, 0) is 0 Å². The van der Waals surface area contributed by atoms with Gasteiger partial charge in [0.05, 0.1) is 0 Å². The van der Waals surface area contributed by atoms with Gasteiger partial charge < -0.3 is 0 Å². The summed E-state index contributed by atoms with van der Waals surface area (Å²) >= 11 is 0.00814. The summed E-state index contributed by atoms with van der Waals surface area (Å²) in [6.45, 7) is 0. The van der Waals surface area contributed by atoms with Crippen molar-refractivity contribution in [3.63, 3.8) is 0 Å². The van der Waals surface area contributed by atoms with Crippen molar-refractivity contribution in [2.45, 2.75) is 0 Å². The van der Waals surface area contributed by atoms with E-state index >= 15 is 0 Å². The van der Waals surface area contributed by atoms with Gasteiger partial charge in [-0.05, 0) is 0 Å². The molecule has 5 heterocycles. The van der Waals surface area contributed by atoms with Crippen LogP contribution in [0.2, 0.25) is 0 Å². The fourth-order valence-corrected chi connectivity index (χ4v) is 10.6. The Morgan fingerprint density at radius 3 is 1.59 bits per heavy atom. The molecule has 6 aromatic carbocycles. The summed E-state index contributed by atoms with van der Waals surface area (Å²) in [5, 5.41) is 16.6. The van der Waals surface area contributed by atoms with Crippen molar-refractivity contribution < 1.29 is 0 Å². The molecular weight excluding hydrogens is 689 g/mol. The molecule has 238 valence electrons. The van der Waals surface area contributed by atoms with Crippen LogP contribution in [0.25, 0.3) is 96.7 Å². The van der Waals surface area contributed by atoms with Crippen molar-refractivity contribution in [3.05, 3.63) is 164 Å². The normalized spacial score (nSPS) is 11.9. The minimum atomic E-state index is 0.00814. The van der Waals surface area contributed by atoms with Gasteiger partial charge in [-0.25, -0.2) is 0 Å². The Labute approximate surface area is 298 Å². The number of hydrogen-bond acceptors (Lipinski definition) is 3. The van der Waals surface area contributed by atoms with Crippen LogP contribution in [0.5, 0.6) is 0 Å². The summed E-state index contributed by atoms with van der Waals surface area (Å²) in [5.74, 6) is 0. The van der Waals surface area contributed by atoms with Crippen LogP contribution < -0.4 is 0 Å². The van der Waals surface area contributed by atoms with Gasteiger partial charge in [0, 0.05) is 0 Å². The van der Waals surface area contributed by atoms with Gasteiger partial charge in [0.1, 0.15) is 0 Å². The van der Waals surface area contributed by atoms with Gasteiger partial charge >= 0.3 is 300 Å². The first-order valence-electron chi connectivity index (χ1n) is 17.0. The first-order valence-corrected chi connectivity index (χ1v) is 18.7. The number of rotatable bonds is 4. The SMILES string of the molecule is c1ccc(-n2c3ccccc3c3cc(-c4cncc5c4[se]c4c(-c6ccc7c(c6)c6ccccc6n7-c6ccccc6)nncc45)ccc32)cc1. The zero-order chi connectivity index (χ0) is 33.5.